The molecule has 0 atom stereocenters. The van der Waals surface area contributed by atoms with Crippen LogP contribution in [0.1, 0.15) is 18.1 Å². The number of carboxylic acids is 1. The summed E-state index contributed by atoms with van der Waals surface area (Å²) in [5.41, 5.74) is 1.24. The molecule has 2 N–H and O–H groups in total. The van der Waals surface area contributed by atoms with Crippen molar-refractivity contribution in [3.05, 3.63) is 70.4 Å². The summed E-state index contributed by atoms with van der Waals surface area (Å²) in [4.78, 5) is 22.2. The normalized spacial score (nSPS) is 11.0. The molecule has 0 bridgehead atoms. The Morgan fingerprint density at radius 2 is 1.96 bits per heavy atom. The topological polar surface area (TPSA) is 75.6 Å². The summed E-state index contributed by atoms with van der Waals surface area (Å²) in [5, 5.41) is 12.0. The van der Waals surface area contributed by atoms with Crippen LogP contribution in [-0.4, -0.2) is 17.0 Å². The minimum absolute atomic E-state index is 0.203. The van der Waals surface area contributed by atoms with Crippen LogP contribution >= 0.6 is 11.6 Å². The second kappa shape index (κ2) is 8.17. The highest BCUT2D eigenvalue weighted by Gasteiger charge is 2.09. The quantitative estimate of drug-likeness (QED) is 0.786. The van der Waals surface area contributed by atoms with Crippen LogP contribution in [0.5, 0.6) is 5.75 Å². The van der Waals surface area contributed by atoms with Gasteiger partial charge < -0.3 is 15.2 Å². The summed E-state index contributed by atoms with van der Waals surface area (Å²) < 4.78 is 5.69. The van der Waals surface area contributed by atoms with Gasteiger partial charge in [0.1, 0.15) is 18.1 Å². The van der Waals surface area contributed by atoms with Gasteiger partial charge in [0.05, 0.1) is 0 Å². The number of amides is 1. The van der Waals surface area contributed by atoms with Crippen LogP contribution in [0.3, 0.4) is 0 Å². The van der Waals surface area contributed by atoms with Gasteiger partial charge in [0.2, 0.25) is 5.91 Å². The summed E-state index contributed by atoms with van der Waals surface area (Å²) in [5.74, 6) is -1.10. The van der Waals surface area contributed by atoms with Crippen LogP contribution in [0.25, 0.3) is 6.08 Å². The number of benzene rings is 2. The van der Waals surface area contributed by atoms with Gasteiger partial charge >= 0.3 is 5.97 Å². The maximum atomic E-state index is 11.1. The molecule has 0 aliphatic rings. The first kappa shape index (κ1) is 17.6. The van der Waals surface area contributed by atoms with Crippen LogP contribution in [-0.2, 0) is 16.2 Å². The van der Waals surface area contributed by atoms with Gasteiger partial charge in [0.25, 0.3) is 0 Å². The molecular formula is C18H16ClNO4. The monoisotopic (exact) mass is 345 g/mol. The van der Waals surface area contributed by atoms with Crippen LogP contribution in [0.4, 0.5) is 0 Å². The van der Waals surface area contributed by atoms with Crippen LogP contribution < -0.4 is 10.1 Å². The van der Waals surface area contributed by atoms with Gasteiger partial charge in [-0.3, -0.25) is 4.79 Å². The SMILES string of the molecule is CC(=O)N/C(=C/c1cccc(OCc2ccccc2Cl)c1)C(=O)O. The molecule has 0 saturated heterocycles. The van der Waals surface area contributed by atoms with Crippen molar-refractivity contribution in [1.29, 1.82) is 0 Å². The van der Waals surface area contributed by atoms with Crippen LogP contribution in [0.2, 0.25) is 5.02 Å². The van der Waals surface area contributed by atoms with Gasteiger partial charge in [-0.25, -0.2) is 4.79 Å². The third kappa shape index (κ3) is 5.14. The summed E-state index contributed by atoms with van der Waals surface area (Å²) in [7, 11) is 0. The minimum Gasteiger partial charge on any atom is -0.489 e. The van der Waals surface area contributed by atoms with Crippen molar-refractivity contribution >= 4 is 29.6 Å². The molecule has 0 radical (unpaired) electrons. The summed E-state index contributed by atoms with van der Waals surface area (Å²) in [6.07, 6.45) is 1.37. The van der Waals surface area contributed by atoms with Gasteiger partial charge in [-0.05, 0) is 29.8 Å². The third-order valence-electron chi connectivity index (χ3n) is 3.06. The van der Waals surface area contributed by atoms with Crippen molar-refractivity contribution in [1.82, 2.24) is 5.32 Å². The molecule has 0 aliphatic heterocycles. The van der Waals surface area contributed by atoms with E-state index in [0.717, 1.165) is 5.56 Å². The number of ether oxygens (including phenoxy) is 1. The largest absolute Gasteiger partial charge is 0.489 e. The number of hydrogen-bond donors (Lipinski definition) is 2. The second-order valence-electron chi connectivity index (χ2n) is 5.00. The first-order valence-corrected chi connectivity index (χ1v) is 7.52. The molecule has 0 unspecified atom stereocenters. The Balaban J connectivity index is 2.15. The predicted molar refractivity (Wildman–Crippen MR) is 91.7 cm³/mol. The van der Waals surface area contributed by atoms with E-state index in [2.05, 4.69) is 5.32 Å². The summed E-state index contributed by atoms with van der Waals surface area (Å²) in [6.45, 7) is 1.55. The highest BCUT2D eigenvalue weighted by atomic mass is 35.5. The Labute approximate surface area is 144 Å². The number of carbonyl (C=O) groups is 2. The molecule has 2 aromatic rings. The predicted octanol–water partition coefficient (Wildman–Crippen LogP) is 3.48. The summed E-state index contributed by atoms with van der Waals surface area (Å²) in [6, 6.07) is 14.3. The fourth-order valence-corrected chi connectivity index (χ4v) is 2.17. The van der Waals surface area contributed by atoms with E-state index in [9.17, 15) is 9.59 Å². The standard InChI is InChI=1S/C18H16ClNO4/c1-12(21)20-17(18(22)23)10-13-5-4-7-15(9-13)24-11-14-6-2-3-8-16(14)19/h2-10H,11H2,1H3,(H,20,21)(H,22,23)/b17-10+. The van der Waals surface area contributed by atoms with Crippen molar-refractivity contribution in [2.75, 3.05) is 0 Å². The first-order valence-electron chi connectivity index (χ1n) is 7.14. The Kier molecular flexibility index (Phi) is 5.98. The Hall–Kier alpha value is -2.79. The van der Waals surface area contributed by atoms with E-state index in [1.165, 1.54) is 13.0 Å². The van der Waals surface area contributed by atoms with Crippen molar-refractivity contribution in [2.45, 2.75) is 13.5 Å². The maximum absolute atomic E-state index is 11.1. The molecule has 1 amide bonds. The lowest BCUT2D eigenvalue weighted by Crippen LogP contribution is -2.24. The van der Waals surface area contributed by atoms with Gasteiger partial charge in [-0.2, -0.15) is 0 Å². The van der Waals surface area contributed by atoms with Gasteiger partial charge in [0.15, 0.2) is 0 Å². The molecule has 0 aliphatic carbocycles. The molecule has 0 fully saturated rings. The summed E-state index contributed by atoms with van der Waals surface area (Å²) >= 11 is 6.08. The third-order valence-corrected chi connectivity index (χ3v) is 3.43. The van der Waals surface area contributed by atoms with E-state index in [1.807, 2.05) is 18.2 Å². The van der Waals surface area contributed by atoms with E-state index < -0.39 is 11.9 Å². The number of nitrogens with one attached hydrogen (secondary N) is 1. The maximum Gasteiger partial charge on any atom is 0.352 e. The molecule has 124 valence electrons. The van der Waals surface area contributed by atoms with E-state index in [-0.39, 0.29) is 5.70 Å². The van der Waals surface area contributed by atoms with E-state index in [1.54, 1.807) is 30.3 Å². The number of hydrogen-bond acceptors (Lipinski definition) is 3. The number of carboxylic acid groups (broad SMARTS) is 1. The average molecular weight is 346 g/mol. The number of rotatable bonds is 6. The zero-order valence-corrected chi connectivity index (χ0v) is 13.7. The van der Waals surface area contributed by atoms with Crippen molar-refractivity contribution in [3.8, 4) is 5.75 Å². The van der Waals surface area contributed by atoms with E-state index in [0.29, 0.717) is 22.9 Å². The van der Waals surface area contributed by atoms with E-state index >= 15 is 0 Å². The molecule has 24 heavy (non-hydrogen) atoms. The molecule has 0 saturated carbocycles. The molecular weight excluding hydrogens is 330 g/mol. The molecule has 2 aromatic carbocycles. The number of halogens is 1. The Morgan fingerprint density at radius 3 is 2.62 bits per heavy atom. The zero-order chi connectivity index (χ0) is 17.5. The minimum atomic E-state index is -1.22. The van der Waals surface area contributed by atoms with Gasteiger partial charge in [-0.1, -0.05) is 41.9 Å². The smallest absolute Gasteiger partial charge is 0.352 e. The lowest BCUT2D eigenvalue weighted by atomic mass is 10.1. The molecule has 5 nitrogen and oxygen atoms in total. The molecule has 6 heteroatoms. The molecule has 0 aromatic heterocycles. The highest BCUT2D eigenvalue weighted by Crippen LogP contribution is 2.20. The van der Waals surface area contributed by atoms with Crippen LogP contribution in [0, 0.1) is 0 Å². The zero-order valence-electron chi connectivity index (χ0n) is 13.0. The van der Waals surface area contributed by atoms with Gasteiger partial charge in [-0.15, -0.1) is 0 Å². The lowest BCUT2D eigenvalue weighted by molar-refractivity contribution is -0.134. The lowest BCUT2D eigenvalue weighted by Gasteiger charge is -2.09. The number of carbonyl (C=O) groups excluding carboxylic acids is 1. The Morgan fingerprint density at radius 1 is 1.21 bits per heavy atom. The van der Waals surface area contributed by atoms with Gasteiger partial charge in [0, 0.05) is 17.5 Å². The fourth-order valence-electron chi connectivity index (χ4n) is 1.98. The fraction of sp³-hybridized carbons (Fsp3) is 0.111. The van der Waals surface area contributed by atoms with Crippen molar-refractivity contribution < 1.29 is 19.4 Å². The average Bonchev–Trinajstić information content (AvgIpc) is 2.53. The van der Waals surface area contributed by atoms with Crippen LogP contribution in [0.15, 0.2) is 54.2 Å². The highest BCUT2D eigenvalue weighted by molar-refractivity contribution is 6.31. The van der Waals surface area contributed by atoms with E-state index in [4.69, 9.17) is 21.4 Å². The Bertz CT molecular complexity index is 786. The number of aliphatic carboxylic acids is 1. The molecule has 2 rings (SSSR count). The second-order valence-corrected chi connectivity index (χ2v) is 5.40. The molecule has 0 heterocycles. The van der Waals surface area contributed by atoms with Crippen molar-refractivity contribution in [2.24, 2.45) is 0 Å². The first-order chi connectivity index (χ1) is 11.5. The molecule has 0 spiro atoms. The van der Waals surface area contributed by atoms with Crippen molar-refractivity contribution in [3.63, 3.8) is 0 Å².